The number of carbonyl (C=O) groups excluding carboxylic acids is 1. The molecule has 19 heavy (non-hydrogen) atoms. The topological polar surface area (TPSA) is 89.3 Å². The number of rotatable bonds is 5. The molecule has 0 heterocycles. The molecule has 1 amide bonds. The van der Waals surface area contributed by atoms with Crippen LogP contribution >= 0.6 is 0 Å². The van der Waals surface area contributed by atoms with Crippen LogP contribution in [0.2, 0.25) is 0 Å². The van der Waals surface area contributed by atoms with E-state index in [1.54, 1.807) is 19.1 Å². The van der Waals surface area contributed by atoms with Crippen molar-refractivity contribution in [2.45, 2.75) is 31.7 Å². The van der Waals surface area contributed by atoms with Gasteiger partial charge in [0.05, 0.1) is 4.90 Å². The zero-order valence-corrected chi connectivity index (χ0v) is 11.8. The van der Waals surface area contributed by atoms with E-state index < -0.39 is 10.0 Å². The molecule has 1 rings (SSSR count). The number of carbonyl (C=O) groups is 1. The summed E-state index contributed by atoms with van der Waals surface area (Å²) in [6.45, 7) is 4.06. The Bertz CT molecular complexity index is 574. The van der Waals surface area contributed by atoms with Crippen molar-refractivity contribution in [2.75, 3.05) is 0 Å². The van der Waals surface area contributed by atoms with Crippen molar-refractivity contribution < 1.29 is 13.2 Å². The van der Waals surface area contributed by atoms with E-state index in [0.29, 0.717) is 12.1 Å². The normalized spacial score (nSPS) is 12.3. The molecule has 0 unspecified atom stereocenters. The predicted octanol–water partition coefficient (Wildman–Crippen LogP) is 1.31. The van der Waals surface area contributed by atoms with E-state index in [1.165, 1.54) is 12.1 Å². The molecule has 1 aromatic rings. The van der Waals surface area contributed by atoms with Crippen molar-refractivity contribution in [1.29, 1.82) is 0 Å². The first kappa shape index (κ1) is 15.4. The molecule has 0 atom stereocenters. The smallest absolute Gasteiger partial charge is 0.246 e. The second-order valence-corrected chi connectivity index (χ2v) is 5.73. The van der Waals surface area contributed by atoms with Gasteiger partial charge < -0.3 is 5.32 Å². The number of nitrogens with one attached hydrogen (secondary N) is 1. The van der Waals surface area contributed by atoms with Gasteiger partial charge in [-0.2, -0.15) is 0 Å². The Kier molecular flexibility index (Phi) is 5.26. The maximum atomic E-state index is 11.6. The van der Waals surface area contributed by atoms with Crippen molar-refractivity contribution >= 4 is 15.9 Å². The molecule has 0 aromatic heterocycles. The molecular formula is C13H18N2O3S. The van der Waals surface area contributed by atoms with Crippen LogP contribution in [0.4, 0.5) is 0 Å². The number of amides is 1. The first-order valence-electron chi connectivity index (χ1n) is 5.91. The fraction of sp³-hybridized carbons (Fsp3) is 0.308. The molecule has 1 aromatic carbocycles. The molecular weight excluding hydrogens is 264 g/mol. The Balaban J connectivity index is 2.65. The summed E-state index contributed by atoms with van der Waals surface area (Å²) < 4.78 is 22.1. The molecule has 104 valence electrons. The number of sulfonamides is 1. The van der Waals surface area contributed by atoms with Crippen LogP contribution in [-0.2, 0) is 21.4 Å². The molecule has 0 aliphatic heterocycles. The Labute approximate surface area is 113 Å². The van der Waals surface area contributed by atoms with Crippen LogP contribution in [0.1, 0.15) is 25.8 Å². The van der Waals surface area contributed by atoms with E-state index in [9.17, 15) is 13.2 Å². The van der Waals surface area contributed by atoms with Crippen LogP contribution in [0.5, 0.6) is 0 Å². The van der Waals surface area contributed by atoms with E-state index in [0.717, 1.165) is 12.0 Å². The van der Waals surface area contributed by atoms with Gasteiger partial charge >= 0.3 is 0 Å². The third kappa shape index (κ3) is 4.84. The second-order valence-electron chi connectivity index (χ2n) is 4.17. The number of hydrogen-bond acceptors (Lipinski definition) is 3. The van der Waals surface area contributed by atoms with Crippen LogP contribution in [0.15, 0.2) is 40.8 Å². The average molecular weight is 282 g/mol. The minimum Gasteiger partial charge on any atom is -0.348 e. The molecule has 0 bridgehead atoms. The number of allylic oxidation sites excluding steroid dienone is 1. The molecule has 0 saturated carbocycles. The van der Waals surface area contributed by atoms with Crippen LogP contribution in [-0.4, -0.2) is 14.3 Å². The van der Waals surface area contributed by atoms with E-state index in [1.807, 2.05) is 13.0 Å². The lowest BCUT2D eigenvalue weighted by atomic mass is 10.2. The van der Waals surface area contributed by atoms with Crippen LogP contribution < -0.4 is 10.5 Å². The van der Waals surface area contributed by atoms with Crippen LogP contribution in [0.3, 0.4) is 0 Å². The maximum Gasteiger partial charge on any atom is 0.246 e. The third-order valence-corrected chi connectivity index (χ3v) is 3.50. The van der Waals surface area contributed by atoms with Crippen molar-refractivity contribution in [1.82, 2.24) is 5.32 Å². The van der Waals surface area contributed by atoms with Crippen molar-refractivity contribution in [3.63, 3.8) is 0 Å². The Morgan fingerprint density at radius 2 is 1.89 bits per heavy atom. The van der Waals surface area contributed by atoms with Crippen LogP contribution in [0, 0.1) is 0 Å². The summed E-state index contributed by atoms with van der Waals surface area (Å²) in [4.78, 5) is 11.7. The van der Waals surface area contributed by atoms with Gasteiger partial charge in [0.25, 0.3) is 0 Å². The highest BCUT2D eigenvalue weighted by Gasteiger charge is 2.07. The van der Waals surface area contributed by atoms with Gasteiger partial charge in [-0.3, -0.25) is 4.79 Å². The quantitative estimate of drug-likeness (QED) is 0.798. The SMILES string of the molecule is CC/C=C(/C)C(=O)NCc1ccc(S(N)(=O)=O)cc1. The summed E-state index contributed by atoms with van der Waals surface area (Å²) in [5, 5.41) is 7.75. The highest BCUT2D eigenvalue weighted by Crippen LogP contribution is 2.08. The zero-order chi connectivity index (χ0) is 14.5. The third-order valence-electron chi connectivity index (χ3n) is 2.57. The van der Waals surface area contributed by atoms with E-state index in [4.69, 9.17) is 5.14 Å². The number of hydrogen-bond donors (Lipinski definition) is 2. The summed E-state index contributed by atoms with van der Waals surface area (Å²) in [7, 11) is -3.67. The minimum atomic E-state index is -3.67. The van der Waals surface area contributed by atoms with Gasteiger partial charge in [-0.25, -0.2) is 13.6 Å². The number of nitrogens with two attached hydrogens (primary N) is 1. The van der Waals surface area contributed by atoms with Gasteiger partial charge in [0.1, 0.15) is 0 Å². The Hall–Kier alpha value is -1.66. The van der Waals surface area contributed by atoms with Crippen molar-refractivity contribution in [3.05, 3.63) is 41.5 Å². The summed E-state index contributed by atoms with van der Waals surface area (Å²) in [5.74, 6) is -0.127. The molecule has 3 N–H and O–H groups in total. The van der Waals surface area contributed by atoms with E-state index >= 15 is 0 Å². The maximum absolute atomic E-state index is 11.6. The van der Waals surface area contributed by atoms with Gasteiger partial charge in [-0.15, -0.1) is 0 Å². The molecule has 0 saturated heterocycles. The molecule has 0 aliphatic carbocycles. The van der Waals surface area contributed by atoms with Gasteiger partial charge in [0.15, 0.2) is 0 Å². The van der Waals surface area contributed by atoms with Gasteiger partial charge in [-0.1, -0.05) is 25.1 Å². The first-order valence-corrected chi connectivity index (χ1v) is 7.46. The van der Waals surface area contributed by atoms with E-state index in [-0.39, 0.29) is 10.8 Å². The Morgan fingerprint density at radius 3 is 2.37 bits per heavy atom. The first-order chi connectivity index (χ1) is 8.84. The van der Waals surface area contributed by atoms with Gasteiger partial charge in [0.2, 0.25) is 15.9 Å². The lowest BCUT2D eigenvalue weighted by molar-refractivity contribution is -0.117. The number of benzene rings is 1. The van der Waals surface area contributed by atoms with E-state index in [2.05, 4.69) is 5.32 Å². The highest BCUT2D eigenvalue weighted by atomic mass is 32.2. The lowest BCUT2D eigenvalue weighted by Crippen LogP contribution is -2.23. The molecule has 0 fully saturated rings. The van der Waals surface area contributed by atoms with Gasteiger partial charge in [-0.05, 0) is 31.0 Å². The fourth-order valence-corrected chi connectivity index (χ4v) is 2.03. The predicted molar refractivity (Wildman–Crippen MR) is 73.7 cm³/mol. The standard InChI is InChI=1S/C13H18N2O3S/c1-3-4-10(2)13(16)15-9-11-5-7-12(8-6-11)19(14,17)18/h4-8H,3,9H2,1-2H3,(H,15,16)(H2,14,17,18)/b10-4-. The van der Waals surface area contributed by atoms with Crippen molar-refractivity contribution in [2.24, 2.45) is 5.14 Å². The largest absolute Gasteiger partial charge is 0.348 e. The zero-order valence-electron chi connectivity index (χ0n) is 11.0. The molecule has 0 aliphatic rings. The Morgan fingerprint density at radius 1 is 1.32 bits per heavy atom. The number of primary sulfonamides is 1. The minimum absolute atomic E-state index is 0.0598. The highest BCUT2D eigenvalue weighted by molar-refractivity contribution is 7.89. The van der Waals surface area contributed by atoms with Crippen LogP contribution in [0.25, 0.3) is 0 Å². The summed E-state index contributed by atoms with van der Waals surface area (Å²) in [6.07, 6.45) is 2.65. The van der Waals surface area contributed by atoms with Crippen molar-refractivity contribution in [3.8, 4) is 0 Å². The molecule has 5 nitrogen and oxygen atoms in total. The monoisotopic (exact) mass is 282 g/mol. The average Bonchev–Trinajstić information content (AvgIpc) is 2.35. The lowest BCUT2D eigenvalue weighted by Gasteiger charge is -2.06. The summed E-state index contributed by atoms with van der Waals surface area (Å²) in [5.41, 5.74) is 1.48. The summed E-state index contributed by atoms with van der Waals surface area (Å²) >= 11 is 0. The van der Waals surface area contributed by atoms with Gasteiger partial charge in [0, 0.05) is 12.1 Å². The second kappa shape index (κ2) is 6.49. The summed E-state index contributed by atoms with van der Waals surface area (Å²) in [6, 6.07) is 6.09. The molecule has 0 radical (unpaired) electrons. The molecule has 6 heteroatoms. The molecule has 0 spiro atoms. The fourth-order valence-electron chi connectivity index (χ4n) is 1.52.